The predicted octanol–water partition coefficient (Wildman–Crippen LogP) is 3.01. The lowest BCUT2D eigenvalue weighted by molar-refractivity contribution is -0.387. The molecular weight excluding hydrogens is 304 g/mol. The Hall–Kier alpha value is -1.63. The van der Waals surface area contributed by atoms with E-state index in [9.17, 15) is 18.5 Å². The number of hydrogen-bond acceptors (Lipinski definition) is 5. The van der Waals surface area contributed by atoms with Crippen molar-refractivity contribution in [3.8, 4) is 0 Å². The van der Waals surface area contributed by atoms with Crippen LogP contribution in [0, 0.1) is 16.0 Å². The second-order valence-corrected chi connectivity index (χ2v) is 7.86. The van der Waals surface area contributed by atoms with Crippen molar-refractivity contribution in [2.24, 2.45) is 5.92 Å². The van der Waals surface area contributed by atoms with Gasteiger partial charge in [-0.1, -0.05) is 13.3 Å². The number of nitro benzene ring substituents is 1. The van der Waals surface area contributed by atoms with Crippen LogP contribution in [0.15, 0.2) is 23.1 Å². The zero-order chi connectivity index (χ0) is 16.3. The number of sulfone groups is 1. The molecule has 0 radical (unpaired) electrons. The second-order valence-electron chi connectivity index (χ2n) is 5.87. The van der Waals surface area contributed by atoms with E-state index in [0.29, 0.717) is 5.92 Å². The molecule has 0 aromatic heterocycles. The number of rotatable bonds is 4. The minimum atomic E-state index is -3.63. The highest BCUT2D eigenvalue weighted by atomic mass is 32.2. The number of nitro groups is 1. The van der Waals surface area contributed by atoms with Crippen LogP contribution < -0.4 is 4.90 Å². The Morgan fingerprint density at radius 3 is 2.64 bits per heavy atom. The Labute approximate surface area is 131 Å². The molecular formula is C15H22N2O4S. The molecule has 0 spiro atoms. The molecule has 7 heteroatoms. The smallest absolute Gasteiger partial charge is 0.288 e. The molecule has 1 aliphatic heterocycles. The van der Waals surface area contributed by atoms with Crippen LogP contribution in [0.1, 0.15) is 32.6 Å². The summed E-state index contributed by atoms with van der Waals surface area (Å²) in [5.74, 6) is 0.706. The first kappa shape index (κ1) is 16.7. The summed E-state index contributed by atoms with van der Waals surface area (Å²) >= 11 is 0. The molecule has 1 atom stereocenters. The quantitative estimate of drug-likeness (QED) is 0.627. The van der Waals surface area contributed by atoms with Gasteiger partial charge in [0.15, 0.2) is 9.84 Å². The molecule has 1 aliphatic rings. The maximum Gasteiger partial charge on any atom is 0.288 e. The SMILES string of the molecule is CCC1CCCN(c2ccc([N+](=O)[O-])c(S(C)(=O)=O)c2)CC1. The Morgan fingerprint density at radius 2 is 2.05 bits per heavy atom. The summed E-state index contributed by atoms with van der Waals surface area (Å²) in [5.41, 5.74) is 0.398. The zero-order valence-corrected chi connectivity index (χ0v) is 13.8. The topological polar surface area (TPSA) is 80.5 Å². The van der Waals surface area contributed by atoms with Gasteiger partial charge in [0.2, 0.25) is 0 Å². The van der Waals surface area contributed by atoms with Gasteiger partial charge < -0.3 is 4.90 Å². The molecule has 0 aliphatic carbocycles. The van der Waals surface area contributed by atoms with Crippen LogP contribution in [-0.4, -0.2) is 32.7 Å². The minimum Gasteiger partial charge on any atom is -0.371 e. The van der Waals surface area contributed by atoms with Gasteiger partial charge in [0.05, 0.1) is 4.92 Å². The third kappa shape index (κ3) is 3.76. The van der Waals surface area contributed by atoms with Crippen LogP contribution in [0.4, 0.5) is 11.4 Å². The lowest BCUT2D eigenvalue weighted by Crippen LogP contribution is -2.24. The van der Waals surface area contributed by atoms with Crippen LogP contribution in [-0.2, 0) is 9.84 Å². The van der Waals surface area contributed by atoms with Crippen molar-refractivity contribution in [2.45, 2.75) is 37.5 Å². The normalized spacial score (nSPS) is 19.7. The fourth-order valence-corrected chi connectivity index (χ4v) is 3.84. The highest BCUT2D eigenvalue weighted by Gasteiger charge is 2.24. The summed E-state index contributed by atoms with van der Waals surface area (Å²) in [7, 11) is -3.63. The van der Waals surface area contributed by atoms with Gasteiger partial charge in [0, 0.05) is 31.1 Å². The molecule has 1 aromatic carbocycles. The average Bonchev–Trinajstić information content (AvgIpc) is 2.71. The minimum absolute atomic E-state index is 0.203. The first-order valence-corrected chi connectivity index (χ1v) is 9.45. The largest absolute Gasteiger partial charge is 0.371 e. The molecule has 1 unspecified atom stereocenters. The first-order chi connectivity index (χ1) is 10.3. The van der Waals surface area contributed by atoms with E-state index in [1.165, 1.54) is 18.6 Å². The van der Waals surface area contributed by atoms with Crippen LogP contribution >= 0.6 is 0 Å². The van der Waals surface area contributed by atoms with Gasteiger partial charge in [-0.2, -0.15) is 0 Å². The van der Waals surface area contributed by atoms with Crippen molar-refractivity contribution in [3.05, 3.63) is 28.3 Å². The summed E-state index contributed by atoms with van der Waals surface area (Å²) in [6.45, 7) is 3.91. The number of anilines is 1. The molecule has 6 nitrogen and oxygen atoms in total. The lowest BCUT2D eigenvalue weighted by Gasteiger charge is -2.23. The number of nitrogens with zero attached hydrogens (tertiary/aromatic N) is 2. The van der Waals surface area contributed by atoms with E-state index in [0.717, 1.165) is 44.3 Å². The van der Waals surface area contributed by atoms with E-state index >= 15 is 0 Å². The molecule has 1 saturated heterocycles. The van der Waals surface area contributed by atoms with Crippen molar-refractivity contribution in [2.75, 3.05) is 24.2 Å². The van der Waals surface area contributed by atoms with E-state index in [-0.39, 0.29) is 10.6 Å². The summed E-state index contributed by atoms with van der Waals surface area (Å²) in [6.07, 6.45) is 5.47. The Balaban J connectivity index is 2.34. The van der Waals surface area contributed by atoms with Crippen LogP contribution in [0.2, 0.25) is 0 Å². The highest BCUT2D eigenvalue weighted by Crippen LogP contribution is 2.31. The Kier molecular flexibility index (Phi) is 5.05. The summed E-state index contributed by atoms with van der Waals surface area (Å²) in [6, 6.07) is 4.40. The van der Waals surface area contributed by atoms with Gasteiger partial charge in [0.25, 0.3) is 5.69 Å². The van der Waals surface area contributed by atoms with Crippen molar-refractivity contribution < 1.29 is 13.3 Å². The number of benzene rings is 1. The molecule has 122 valence electrons. The van der Waals surface area contributed by atoms with Gasteiger partial charge >= 0.3 is 0 Å². The van der Waals surface area contributed by atoms with E-state index in [1.807, 2.05) is 0 Å². The molecule has 2 rings (SSSR count). The summed E-state index contributed by atoms with van der Waals surface area (Å²) in [5, 5.41) is 11.0. The van der Waals surface area contributed by atoms with Crippen LogP contribution in [0.5, 0.6) is 0 Å². The van der Waals surface area contributed by atoms with Gasteiger partial charge in [-0.3, -0.25) is 10.1 Å². The third-order valence-corrected chi connectivity index (χ3v) is 5.46. The van der Waals surface area contributed by atoms with Gasteiger partial charge in [-0.25, -0.2) is 8.42 Å². The predicted molar refractivity (Wildman–Crippen MR) is 86.1 cm³/mol. The lowest BCUT2D eigenvalue weighted by atomic mass is 9.98. The second kappa shape index (κ2) is 6.64. The summed E-state index contributed by atoms with van der Waals surface area (Å²) in [4.78, 5) is 12.3. The number of hydrogen-bond donors (Lipinski definition) is 0. The molecule has 1 aromatic rings. The van der Waals surface area contributed by atoms with Crippen LogP contribution in [0.25, 0.3) is 0 Å². The van der Waals surface area contributed by atoms with Crippen molar-refractivity contribution in [1.29, 1.82) is 0 Å². The zero-order valence-electron chi connectivity index (χ0n) is 13.0. The average molecular weight is 326 g/mol. The Morgan fingerprint density at radius 1 is 1.32 bits per heavy atom. The molecule has 1 fully saturated rings. The molecule has 0 amide bonds. The molecule has 0 N–H and O–H groups in total. The highest BCUT2D eigenvalue weighted by molar-refractivity contribution is 7.90. The maximum absolute atomic E-state index is 11.8. The third-order valence-electron chi connectivity index (χ3n) is 4.33. The Bertz CT molecular complexity index is 658. The van der Waals surface area contributed by atoms with Gasteiger partial charge in [-0.05, 0) is 37.3 Å². The molecule has 0 saturated carbocycles. The van der Waals surface area contributed by atoms with Crippen LogP contribution in [0.3, 0.4) is 0 Å². The molecule has 22 heavy (non-hydrogen) atoms. The molecule has 0 bridgehead atoms. The first-order valence-electron chi connectivity index (χ1n) is 7.56. The van der Waals surface area contributed by atoms with Gasteiger partial charge in [-0.15, -0.1) is 0 Å². The van der Waals surface area contributed by atoms with E-state index in [2.05, 4.69) is 11.8 Å². The molecule has 1 heterocycles. The maximum atomic E-state index is 11.8. The monoisotopic (exact) mass is 326 g/mol. The standard InChI is InChI=1S/C15H22N2O4S/c1-3-12-5-4-9-16(10-8-12)13-6-7-14(17(18)19)15(11-13)22(2,20)21/h6-7,11-12H,3-5,8-10H2,1-2H3. The van der Waals surface area contributed by atoms with Crippen molar-refractivity contribution >= 4 is 21.2 Å². The summed E-state index contributed by atoms with van der Waals surface area (Å²) < 4.78 is 23.7. The fraction of sp³-hybridized carbons (Fsp3) is 0.600. The van der Waals surface area contributed by atoms with E-state index in [1.54, 1.807) is 6.07 Å². The van der Waals surface area contributed by atoms with Gasteiger partial charge in [0.1, 0.15) is 4.90 Å². The van der Waals surface area contributed by atoms with E-state index in [4.69, 9.17) is 0 Å². The fourth-order valence-electron chi connectivity index (χ4n) is 2.98. The van der Waals surface area contributed by atoms with Crippen molar-refractivity contribution in [1.82, 2.24) is 0 Å². The van der Waals surface area contributed by atoms with Crippen molar-refractivity contribution in [3.63, 3.8) is 0 Å². The van der Waals surface area contributed by atoms with E-state index < -0.39 is 14.8 Å².